The number of nitrogens with one attached hydrogen (secondary N) is 3. The monoisotopic (exact) mass is 357 g/mol. The Morgan fingerprint density at radius 3 is 2.28 bits per heavy atom. The van der Waals surface area contributed by atoms with E-state index < -0.39 is 5.41 Å². The largest absolute Gasteiger partial charge is 0.341 e. The van der Waals surface area contributed by atoms with Crippen molar-refractivity contribution < 1.29 is 9.59 Å². The molecule has 3 N–H and O–H groups in total. The van der Waals surface area contributed by atoms with E-state index in [9.17, 15) is 9.59 Å². The first-order valence-corrected chi connectivity index (χ1v) is 8.58. The highest BCUT2D eigenvalue weighted by atomic mass is 35.5. The summed E-state index contributed by atoms with van der Waals surface area (Å²) < 4.78 is 0. The molecule has 0 heterocycles. The number of rotatable bonds is 4. The Morgan fingerprint density at radius 1 is 1.00 bits per heavy atom. The molecule has 0 aromatic heterocycles. The number of carbonyl (C=O) groups excluding carboxylic acids is 2. The van der Waals surface area contributed by atoms with Gasteiger partial charge in [0.05, 0.1) is 5.41 Å². The Kier molecular flexibility index (Phi) is 4.95. The summed E-state index contributed by atoms with van der Waals surface area (Å²) in [6, 6.07) is 14.3. The highest BCUT2D eigenvalue weighted by Crippen LogP contribution is 2.45. The summed E-state index contributed by atoms with van der Waals surface area (Å²) in [4.78, 5) is 24.4. The standard InChI is InChI=1S/C19H20ClN3O2/c1-21-18(25)23-16-8-3-7-15(12-16)22-17(24)19(9-4-10-19)13-5-2-6-14(20)11-13/h2-3,5-8,11-12H,4,9-10H2,1H3,(H,22,24)(H2,21,23,25). The average Bonchev–Trinajstić information content (AvgIpc) is 2.54. The van der Waals surface area contributed by atoms with Gasteiger partial charge in [-0.25, -0.2) is 4.79 Å². The number of hydrogen-bond acceptors (Lipinski definition) is 2. The molecule has 1 aliphatic carbocycles. The predicted molar refractivity (Wildman–Crippen MR) is 100 cm³/mol. The summed E-state index contributed by atoms with van der Waals surface area (Å²) in [5, 5.41) is 8.80. The van der Waals surface area contributed by atoms with Gasteiger partial charge in [-0.3, -0.25) is 4.79 Å². The van der Waals surface area contributed by atoms with Crippen LogP contribution in [0.5, 0.6) is 0 Å². The highest BCUT2D eigenvalue weighted by Gasteiger charge is 2.45. The summed E-state index contributed by atoms with van der Waals surface area (Å²) in [6.45, 7) is 0. The van der Waals surface area contributed by atoms with Crippen LogP contribution in [0.1, 0.15) is 24.8 Å². The maximum atomic E-state index is 13.0. The van der Waals surface area contributed by atoms with Crippen molar-refractivity contribution in [3.63, 3.8) is 0 Å². The van der Waals surface area contributed by atoms with Crippen LogP contribution in [-0.2, 0) is 10.2 Å². The van der Waals surface area contributed by atoms with E-state index in [2.05, 4.69) is 16.0 Å². The van der Waals surface area contributed by atoms with Crippen LogP contribution in [0.2, 0.25) is 5.02 Å². The lowest BCUT2D eigenvalue weighted by atomic mass is 9.64. The Morgan fingerprint density at radius 2 is 1.68 bits per heavy atom. The summed E-state index contributed by atoms with van der Waals surface area (Å²) in [5.41, 5.74) is 1.67. The fourth-order valence-corrected chi connectivity index (χ4v) is 3.27. The molecule has 1 fully saturated rings. The third-order valence-electron chi connectivity index (χ3n) is 4.62. The Balaban J connectivity index is 1.79. The van der Waals surface area contributed by atoms with Crippen molar-refractivity contribution in [2.45, 2.75) is 24.7 Å². The minimum absolute atomic E-state index is 0.0434. The lowest BCUT2D eigenvalue weighted by molar-refractivity contribution is -0.124. The molecule has 130 valence electrons. The molecule has 0 bridgehead atoms. The summed E-state index contributed by atoms with van der Waals surface area (Å²) in [7, 11) is 1.55. The van der Waals surface area contributed by atoms with E-state index >= 15 is 0 Å². The van der Waals surface area contributed by atoms with Crippen molar-refractivity contribution in [3.8, 4) is 0 Å². The number of anilines is 2. The second-order valence-corrected chi connectivity index (χ2v) is 6.62. The molecule has 1 aliphatic rings. The van der Waals surface area contributed by atoms with E-state index in [0.717, 1.165) is 24.8 Å². The molecule has 3 rings (SSSR count). The van der Waals surface area contributed by atoms with Gasteiger partial charge in [0.2, 0.25) is 5.91 Å². The lowest BCUT2D eigenvalue weighted by Crippen LogP contribution is -2.46. The van der Waals surface area contributed by atoms with Gasteiger partial charge in [-0.2, -0.15) is 0 Å². The third kappa shape index (κ3) is 3.61. The molecule has 2 aromatic carbocycles. The van der Waals surface area contributed by atoms with Crippen LogP contribution in [0.4, 0.5) is 16.2 Å². The Labute approximate surface area is 151 Å². The average molecular weight is 358 g/mol. The number of hydrogen-bond donors (Lipinski definition) is 3. The van der Waals surface area contributed by atoms with Crippen molar-refractivity contribution in [2.75, 3.05) is 17.7 Å². The van der Waals surface area contributed by atoms with Gasteiger partial charge in [-0.05, 0) is 48.7 Å². The van der Waals surface area contributed by atoms with Gasteiger partial charge in [-0.15, -0.1) is 0 Å². The van der Waals surface area contributed by atoms with Crippen molar-refractivity contribution >= 4 is 34.9 Å². The van der Waals surface area contributed by atoms with Crippen LogP contribution in [0.15, 0.2) is 48.5 Å². The molecule has 6 heteroatoms. The Bertz CT molecular complexity index is 803. The molecule has 0 radical (unpaired) electrons. The van der Waals surface area contributed by atoms with E-state index in [0.29, 0.717) is 16.4 Å². The van der Waals surface area contributed by atoms with Crippen molar-refractivity contribution in [1.82, 2.24) is 5.32 Å². The molecule has 0 atom stereocenters. The molecule has 25 heavy (non-hydrogen) atoms. The minimum Gasteiger partial charge on any atom is -0.341 e. The zero-order valence-corrected chi connectivity index (χ0v) is 14.7. The second kappa shape index (κ2) is 7.15. The summed E-state index contributed by atoms with van der Waals surface area (Å²) in [5.74, 6) is -0.0434. The van der Waals surface area contributed by atoms with E-state index in [1.165, 1.54) is 0 Å². The lowest BCUT2D eigenvalue weighted by Gasteiger charge is -2.40. The molecule has 1 saturated carbocycles. The molecular weight excluding hydrogens is 338 g/mol. The maximum Gasteiger partial charge on any atom is 0.318 e. The number of halogens is 1. The first-order valence-electron chi connectivity index (χ1n) is 8.20. The predicted octanol–water partition coefficient (Wildman–Crippen LogP) is 4.15. The minimum atomic E-state index is -0.533. The molecule has 0 unspecified atom stereocenters. The molecule has 0 aliphatic heterocycles. The van der Waals surface area contributed by atoms with Crippen LogP contribution >= 0.6 is 11.6 Å². The summed E-state index contributed by atoms with van der Waals surface area (Å²) >= 11 is 6.10. The fraction of sp³-hybridized carbons (Fsp3) is 0.263. The van der Waals surface area contributed by atoms with Gasteiger partial charge in [0.15, 0.2) is 0 Å². The van der Waals surface area contributed by atoms with E-state index in [-0.39, 0.29) is 11.9 Å². The maximum absolute atomic E-state index is 13.0. The normalized spacial score (nSPS) is 15.0. The van der Waals surface area contributed by atoms with Gasteiger partial charge >= 0.3 is 6.03 Å². The van der Waals surface area contributed by atoms with Gasteiger partial charge < -0.3 is 16.0 Å². The van der Waals surface area contributed by atoms with Gasteiger partial charge in [0, 0.05) is 23.4 Å². The SMILES string of the molecule is CNC(=O)Nc1cccc(NC(=O)C2(c3cccc(Cl)c3)CCC2)c1. The molecular formula is C19H20ClN3O2. The number of benzene rings is 2. The topological polar surface area (TPSA) is 70.2 Å². The van der Waals surface area contributed by atoms with Crippen molar-refractivity contribution in [2.24, 2.45) is 0 Å². The van der Waals surface area contributed by atoms with Crippen molar-refractivity contribution in [1.29, 1.82) is 0 Å². The smallest absolute Gasteiger partial charge is 0.318 e. The van der Waals surface area contributed by atoms with Crippen LogP contribution in [0.25, 0.3) is 0 Å². The van der Waals surface area contributed by atoms with Gasteiger partial charge in [0.1, 0.15) is 0 Å². The molecule has 3 amide bonds. The summed E-state index contributed by atoms with van der Waals surface area (Å²) in [6.07, 6.45) is 2.61. The van der Waals surface area contributed by atoms with Crippen LogP contribution in [0.3, 0.4) is 0 Å². The van der Waals surface area contributed by atoms with Crippen molar-refractivity contribution in [3.05, 3.63) is 59.1 Å². The van der Waals surface area contributed by atoms with Crippen LogP contribution in [-0.4, -0.2) is 19.0 Å². The Hall–Kier alpha value is -2.53. The first kappa shape index (κ1) is 17.3. The molecule has 2 aromatic rings. The first-order chi connectivity index (χ1) is 12.0. The zero-order valence-electron chi connectivity index (χ0n) is 13.9. The fourth-order valence-electron chi connectivity index (χ4n) is 3.08. The quantitative estimate of drug-likeness (QED) is 0.769. The van der Waals surface area contributed by atoms with E-state index in [1.807, 2.05) is 24.3 Å². The highest BCUT2D eigenvalue weighted by molar-refractivity contribution is 6.30. The number of carbonyl (C=O) groups is 2. The van der Waals surface area contributed by atoms with Gasteiger partial charge in [-0.1, -0.05) is 36.2 Å². The van der Waals surface area contributed by atoms with E-state index in [1.54, 1.807) is 31.3 Å². The zero-order chi connectivity index (χ0) is 17.9. The number of urea groups is 1. The number of amides is 3. The third-order valence-corrected chi connectivity index (χ3v) is 4.86. The van der Waals surface area contributed by atoms with E-state index in [4.69, 9.17) is 11.6 Å². The second-order valence-electron chi connectivity index (χ2n) is 6.19. The van der Waals surface area contributed by atoms with Crippen LogP contribution in [0, 0.1) is 0 Å². The molecule has 5 nitrogen and oxygen atoms in total. The molecule has 0 saturated heterocycles. The van der Waals surface area contributed by atoms with Crippen LogP contribution < -0.4 is 16.0 Å². The van der Waals surface area contributed by atoms with Gasteiger partial charge in [0.25, 0.3) is 0 Å². The molecule has 0 spiro atoms.